The predicted octanol–water partition coefficient (Wildman–Crippen LogP) is 7.15. The molecule has 2 heteroatoms. The number of rotatable bonds is 6. The van der Waals surface area contributed by atoms with Crippen molar-refractivity contribution in [2.45, 2.75) is 39.9 Å². The number of benzene rings is 5. The molecule has 0 amide bonds. The molecule has 30 heavy (non-hydrogen) atoms. The molecule has 0 fully saturated rings. The highest BCUT2D eigenvalue weighted by Crippen LogP contribution is 2.44. The Bertz CT molecular complexity index is 1280. The minimum Gasteiger partial charge on any atom is -0.380 e. The molecule has 5 aromatic rings. The maximum absolute atomic E-state index is 5.55. The van der Waals surface area contributed by atoms with Gasteiger partial charge in [-0.3, -0.25) is 0 Å². The molecule has 2 nitrogen and oxygen atoms in total. The summed E-state index contributed by atoms with van der Waals surface area (Å²) < 4.78 is 11.1. The lowest BCUT2D eigenvalue weighted by Crippen LogP contribution is -1.99. The molecule has 0 bridgehead atoms. The van der Waals surface area contributed by atoms with Gasteiger partial charge in [0, 0.05) is 14.2 Å². The fraction of sp³-hybridized carbons (Fsp3) is 0.286. The van der Waals surface area contributed by atoms with E-state index in [9.17, 15) is 0 Å². The Hall–Kier alpha value is -2.68. The van der Waals surface area contributed by atoms with Crippen molar-refractivity contribution in [3.05, 3.63) is 70.8 Å². The predicted molar refractivity (Wildman–Crippen MR) is 128 cm³/mol. The SMILES string of the molecule is CCc1ccc2c3ccc(COC)c4c(COC)ccc(c5ccc(CC)c1c25)c43. The van der Waals surface area contributed by atoms with E-state index < -0.39 is 0 Å². The van der Waals surface area contributed by atoms with Gasteiger partial charge in [-0.2, -0.15) is 0 Å². The van der Waals surface area contributed by atoms with Crippen molar-refractivity contribution >= 4 is 43.1 Å². The van der Waals surface area contributed by atoms with Gasteiger partial charge < -0.3 is 9.47 Å². The van der Waals surface area contributed by atoms with Crippen molar-refractivity contribution < 1.29 is 9.47 Å². The summed E-state index contributed by atoms with van der Waals surface area (Å²) in [6, 6.07) is 18.4. The number of ether oxygens (including phenoxy) is 2. The average Bonchev–Trinajstić information content (AvgIpc) is 2.78. The molecule has 0 aromatic heterocycles. The van der Waals surface area contributed by atoms with Crippen LogP contribution in [0.3, 0.4) is 0 Å². The summed E-state index contributed by atoms with van der Waals surface area (Å²) in [5.74, 6) is 0. The van der Waals surface area contributed by atoms with Crippen molar-refractivity contribution in [3.8, 4) is 0 Å². The smallest absolute Gasteiger partial charge is 0.0719 e. The van der Waals surface area contributed by atoms with Gasteiger partial charge in [0.2, 0.25) is 0 Å². The first-order chi connectivity index (χ1) is 14.7. The molecule has 152 valence electrons. The molecule has 0 saturated carbocycles. The first-order valence-corrected chi connectivity index (χ1v) is 10.9. The van der Waals surface area contributed by atoms with Crippen LogP contribution in [0.2, 0.25) is 0 Å². The molecule has 0 unspecified atom stereocenters. The third-order valence-corrected chi connectivity index (χ3v) is 6.61. The molecular weight excluding hydrogens is 368 g/mol. The summed E-state index contributed by atoms with van der Waals surface area (Å²) in [6.45, 7) is 5.72. The zero-order chi connectivity index (χ0) is 20.8. The molecule has 0 aliphatic carbocycles. The van der Waals surface area contributed by atoms with Gasteiger partial charge in [-0.1, -0.05) is 62.4 Å². The van der Waals surface area contributed by atoms with Crippen molar-refractivity contribution in [1.82, 2.24) is 0 Å². The molecule has 0 saturated heterocycles. The van der Waals surface area contributed by atoms with E-state index in [1.54, 1.807) is 14.2 Å². The minimum atomic E-state index is 0.600. The fourth-order valence-electron chi connectivity index (χ4n) is 5.32. The van der Waals surface area contributed by atoms with E-state index >= 15 is 0 Å². The standard InChI is InChI=1S/C28H28O2/c1-5-17-7-11-21-23-13-9-19(15-29-3)26-20(16-30-4)10-14-24(28(23)26)22-12-8-18(6-2)25(17)27(21)22/h7-14H,5-6,15-16H2,1-4H3. The first-order valence-electron chi connectivity index (χ1n) is 10.9. The molecule has 0 radical (unpaired) electrons. The van der Waals surface area contributed by atoms with Crippen LogP contribution in [-0.4, -0.2) is 14.2 Å². The topological polar surface area (TPSA) is 18.5 Å². The quantitative estimate of drug-likeness (QED) is 0.224. The van der Waals surface area contributed by atoms with Crippen molar-refractivity contribution in [3.63, 3.8) is 0 Å². The van der Waals surface area contributed by atoms with Gasteiger partial charge in [-0.25, -0.2) is 0 Å². The van der Waals surface area contributed by atoms with Crippen molar-refractivity contribution in [2.24, 2.45) is 0 Å². The largest absolute Gasteiger partial charge is 0.380 e. The van der Waals surface area contributed by atoms with Gasteiger partial charge in [-0.05, 0) is 78.2 Å². The van der Waals surface area contributed by atoms with Gasteiger partial charge in [0.25, 0.3) is 0 Å². The van der Waals surface area contributed by atoms with Crippen LogP contribution in [0, 0.1) is 0 Å². The zero-order valence-corrected chi connectivity index (χ0v) is 18.3. The normalized spacial score (nSPS) is 12.1. The van der Waals surface area contributed by atoms with E-state index in [0.29, 0.717) is 13.2 Å². The maximum atomic E-state index is 5.55. The Morgan fingerprint density at radius 2 is 0.800 bits per heavy atom. The van der Waals surface area contributed by atoms with Crippen molar-refractivity contribution in [1.29, 1.82) is 0 Å². The Kier molecular flexibility index (Phi) is 4.85. The van der Waals surface area contributed by atoms with Gasteiger partial charge in [0.05, 0.1) is 13.2 Å². The molecule has 0 heterocycles. The molecule has 0 spiro atoms. The van der Waals surface area contributed by atoms with Crippen molar-refractivity contribution in [2.75, 3.05) is 14.2 Å². The lowest BCUT2D eigenvalue weighted by Gasteiger charge is -2.20. The zero-order valence-electron chi connectivity index (χ0n) is 18.3. The molecule has 0 N–H and O–H groups in total. The second kappa shape index (κ2) is 7.54. The van der Waals surface area contributed by atoms with E-state index in [0.717, 1.165) is 12.8 Å². The second-order valence-corrected chi connectivity index (χ2v) is 8.16. The summed E-state index contributed by atoms with van der Waals surface area (Å²) in [5.41, 5.74) is 5.33. The minimum absolute atomic E-state index is 0.600. The fourth-order valence-corrected chi connectivity index (χ4v) is 5.32. The van der Waals surface area contributed by atoms with Crippen LogP contribution in [0.5, 0.6) is 0 Å². The number of aryl methyl sites for hydroxylation is 2. The molecule has 5 rings (SSSR count). The number of hydrogen-bond donors (Lipinski definition) is 0. The van der Waals surface area contributed by atoms with E-state index in [1.807, 2.05) is 0 Å². The molecule has 0 aliphatic heterocycles. The van der Waals surface area contributed by atoms with Gasteiger partial charge in [0.1, 0.15) is 0 Å². The van der Waals surface area contributed by atoms with Crippen LogP contribution >= 0.6 is 0 Å². The van der Waals surface area contributed by atoms with Crippen LogP contribution < -0.4 is 0 Å². The second-order valence-electron chi connectivity index (χ2n) is 8.16. The molecule has 0 aliphatic rings. The van der Waals surface area contributed by atoms with Gasteiger partial charge >= 0.3 is 0 Å². The Morgan fingerprint density at radius 3 is 1.13 bits per heavy atom. The summed E-state index contributed by atoms with van der Waals surface area (Å²) in [6.07, 6.45) is 2.10. The third kappa shape index (κ3) is 2.64. The van der Waals surface area contributed by atoms with Crippen LogP contribution in [0.15, 0.2) is 48.5 Å². The summed E-state index contributed by atoms with van der Waals surface area (Å²) in [7, 11) is 3.53. The van der Waals surface area contributed by atoms with Crippen LogP contribution in [-0.2, 0) is 35.5 Å². The van der Waals surface area contributed by atoms with Crippen LogP contribution in [0.4, 0.5) is 0 Å². The number of fused-ring (bicyclic) bond motifs is 2. The lowest BCUT2D eigenvalue weighted by atomic mass is 9.84. The molecule has 5 aromatic carbocycles. The van der Waals surface area contributed by atoms with E-state index in [2.05, 4.69) is 62.4 Å². The monoisotopic (exact) mass is 396 g/mol. The highest BCUT2D eigenvalue weighted by Gasteiger charge is 2.19. The number of hydrogen-bond acceptors (Lipinski definition) is 2. The molecule has 0 atom stereocenters. The average molecular weight is 397 g/mol. The summed E-state index contributed by atoms with van der Waals surface area (Å²) >= 11 is 0. The van der Waals surface area contributed by atoms with Crippen LogP contribution in [0.1, 0.15) is 36.1 Å². The van der Waals surface area contributed by atoms with E-state index in [1.165, 1.54) is 65.3 Å². The number of methoxy groups -OCH3 is 2. The van der Waals surface area contributed by atoms with Gasteiger partial charge in [0.15, 0.2) is 0 Å². The van der Waals surface area contributed by atoms with Gasteiger partial charge in [-0.15, -0.1) is 0 Å². The summed E-state index contributed by atoms with van der Waals surface area (Å²) in [5, 5.41) is 10.8. The Labute approximate surface area is 177 Å². The highest BCUT2D eigenvalue weighted by atomic mass is 16.5. The lowest BCUT2D eigenvalue weighted by molar-refractivity contribution is 0.182. The third-order valence-electron chi connectivity index (χ3n) is 6.61. The molecular formula is C28H28O2. The van der Waals surface area contributed by atoms with E-state index in [4.69, 9.17) is 9.47 Å². The Morgan fingerprint density at radius 1 is 0.467 bits per heavy atom. The Balaban J connectivity index is 2.06. The first kappa shape index (κ1) is 19.3. The maximum Gasteiger partial charge on any atom is 0.0719 e. The summed E-state index contributed by atoms with van der Waals surface area (Å²) in [4.78, 5) is 0. The highest BCUT2D eigenvalue weighted by molar-refractivity contribution is 6.34. The van der Waals surface area contributed by atoms with Crippen LogP contribution in [0.25, 0.3) is 43.1 Å². The van der Waals surface area contributed by atoms with E-state index in [-0.39, 0.29) is 0 Å².